The number of hydrogen-bond donors (Lipinski definition) is 2. The van der Waals surface area contributed by atoms with Crippen LogP contribution in [0.15, 0.2) is 24.2 Å². The molecule has 0 aromatic carbocycles. The standard InChI is InChI=1S/C5H8O2/c1-3-4(2)5(6)7/h3,6-7H,1H2,2H3. The molecule has 0 aliphatic heterocycles. The molecule has 40 valence electrons. The Morgan fingerprint density at radius 1 is 1.57 bits per heavy atom. The van der Waals surface area contributed by atoms with Gasteiger partial charge in [-0.05, 0) is 6.92 Å². The molecule has 0 aliphatic rings. The molecule has 2 heteroatoms. The third kappa shape index (κ3) is 1.87. The quantitative estimate of drug-likeness (QED) is 0.387. The topological polar surface area (TPSA) is 40.5 Å². The predicted molar refractivity (Wildman–Crippen MR) is 28.2 cm³/mol. The third-order valence-corrected chi connectivity index (χ3v) is 0.659. The summed E-state index contributed by atoms with van der Waals surface area (Å²) in [6.45, 7) is 4.86. The molecule has 0 saturated carbocycles. The van der Waals surface area contributed by atoms with Crippen LogP contribution in [0.25, 0.3) is 0 Å². The van der Waals surface area contributed by atoms with Gasteiger partial charge in [-0.25, -0.2) is 0 Å². The lowest BCUT2D eigenvalue weighted by Gasteiger charge is -1.87. The molecule has 0 fully saturated rings. The van der Waals surface area contributed by atoms with Crippen LogP contribution in [0, 0.1) is 0 Å². The smallest absolute Gasteiger partial charge is 0.277 e. The van der Waals surface area contributed by atoms with E-state index in [2.05, 4.69) is 6.58 Å². The summed E-state index contributed by atoms with van der Waals surface area (Å²) in [6.07, 6.45) is 1.37. The van der Waals surface area contributed by atoms with Gasteiger partial charge >= 0.3 is 0 Å². The summed E-state index contributed by atoms with van der Waals surface area (Å²) in [5.41, 5.74) is 0.389. The highest BCUT2D eigenvalue weighted by molar-refractivity contribution is 5.12. The van der Waals surface area contributed by atoms with E-state index in [0.717, 1.165) is 0 Å². The molecule has 0 rings (SSSR count). The minimum atomic E-state index is -0.657. The normalized spacial score (nSPS) is 7.57. The zero-order valence-electron chi connectivity index (χ0n) is 4.18. The minimum Gasteiger partial charge on any atom is -0.481 e. The second-order valence-electron chi connectivity index (χ2n) is 1.21. The molecular weight excluding hydrogens is 92.1 g/mol. The maximum absolute atomic E-state index is 8.18. The van der Waals surface area contributed by atoms with Gasteiger partial charge < -0.3 is 10.2 Å². The minimum absolute atomic E-state index is 0.389. The fraction of sp³-hybridized carbons (Fsp3) is 0.200. The summed E-state index contributed by atoms with van der Waals surface area (Å²) in [7, 11) is 0. The van der Waals surface area contributed by atoms with Crippen molar-refractivity contribution in [2.24, 2.45) is 0 Å². The highest BCUT2D eigenvalue weighted by Gasteiger charge is 1.86. The van der Waals surface area contributed by atoms with E-state index in [0.29, 0.717) is 5.57 Å². The second kappa shape index (κ2) is 2.29. The first-order valence-electron chi connectivity index (χ1n) is 1.89. The average molecular weight is 100 g/mol. The van der Waals surface area contributed by atoms with Crippen molar-refractivity contribution < 1.29 is 10.2 Å². The van der Waals surface area contributed by atoms with Crippen LogP contribution >= 0.6 is 0 Å². The number of allylic oxidation sites excluding steroid dienone is 2. The van der Waals surface area contributed by atoms with Gasteiger partial charge in [-0.3, -0.25) is 0 Å². The summed E-state index contributed by atoms with van der Waals surface area (Å²) in [5, 5.41) is 16.4. The van der Waals surface area contributed by atoms with E-state index in [9.17, 15) is 0 Å². The Hall–Kier alpha value is -0.920. The lowest BCUT2D eigenvalue weighted by Crippen LogP contribution is -1.78. The Kier molecular flexibility index (Phi) is 1.99. The molecule has 0 bridgehead atoms. The van der Waals surface area contributed by atoms with Crippen LogP contribution in [0.5, 0.6) is 0 Å². The molecule has 0 spiro atoms. The summed E-state index contributed by atoms with van der Waals surface area (Å²) in [5.74, 6) is -0.657. The van der Waals surface area contributed by atoms with Crippen molar-refractivity contribution in [1.82, 2.24) is 0 Å². The molecule has 0 aromatic rings. The summed E-state index contributed by atoms with van der Waals surface area (Å²) in [6, 6.07) is 0. The van der Waals surface area contributed by atoms with Gasteiger partial charge in [-0.15, -0.1) is 0 Å². The molecule has 0 radical (unpaired) electrons. The van der Waals surface area contributed by atoms with Crippen LogP contribution in [0.3, 0.4) is 0 Å². The van der Waals surface area contributed by atoms with E-state index in [-0.39, 0.29) is 0 Å². The number of aliphatic hydroxyl groups is 2. The van der Waals surface area contributed by atoms with Gasteiger partial charge in [-0.1, -0.05) is 12.7 Å². The fourth-order valence-corrected chi connectivity index (χ4v) is 0.0913. The first kappa shape index (κ1) is 6.08. The first-order valence-corrected chi connectivity index (χ1v) is 1.89. The van der Waals surface area contributed by atoms with E-state index < -0.39 is 5.95 Å². The highest BCUT2D eigenvalue weighted by Crippen LogP contribution is 1.94. The predicted octanol–water partition coefficient (Wildman–Crippen LogP) is 1.52. The molecule has 7 heavy (non-hydrogen) atoms. The number of aliphatic hydroxyl groups excluding tert-OH is 1. The molecule has 0 saturated heterocycles. The Morgan fingerprint density at radius 3 is 2.00 bits per heavy atom. The van der Waals surface area contributed by atoms with E-state index in [4.69, 9.17) is 10.2 Å². The zero-order chi connectivity index (χ0) is 5.86. The van der Waals surface area contributed by atoms with Crippen LogP contribution in [0.1, 0.15) is 6.92 Å². The first-order chi connectivity index (χ1) is 3.18. The zero-order valence-corrected chi connectivity index (χ0v) is 4.18. The molecule has 0 unspecified atom stereocenters. The Morgan fingerprint density at radius 2 is 2.00 bits per heavy atom. The fourth-order valence-electron chi connectivity index (χ4n) is 0.0913. The third-order valence-electron chi connectivity index (χ3n) is 0.659. The SMILES string of the molecule is C=CC(C)=C(O)O. The van der Waals surface area contributed by atoms with Gasteiger partial charge in [0.15, 0.2) is 0 Å². The van der Waals surface area contributed by atoms with Crippen LogP contribution in [0.4, 0.5) is 0 Å². The van der Waals surface area contributed by atoms with Gasteiger partial charge in [-0.2, -0.15) is 0 Å². The molecule has 0 aliphatic carbocycles. The van der Waals surface area contributed by atoms with Crippen molar-refractivity contribution in [3.63, 3.8) is 0 Å². The molecule has 0 amide bonds. The average Bonchev–Trinajstić information content (AvgIpc) is 1.65. The number of hydrogen-bond acceptors (Lipinski definition) is 2. The Bertz CT molecular complexity index is 98.6. The van der Waals surface area contributed by atoms with E-state index in [1.165, 1.54) is 6.08 Å². The van der Waals surface area contributed by atoms with E-state index in [1.807, 2.05) is 0 Å². The van der Waals surface area contributed by atoms with Crippen molar-refractivity contribution in [3.8, 4) is 0 Å². The second-order valence-corrected chi connectivity index (χ2v) is 1.21. The maximum Gasteiger partial charge on any atom is 0.277 e. The molecular formula is C5H8O2. The largest absolute Gasteiger partial charge is 0.481 e. The van der Waals surface area contributed by atoms with Gasteiger partial charge in [0.2, 0.25) is 0 Å². The van der Waals surface area contributed by atoms with Crippen molar-refractivity contribution in [3.05, 3.63) is 24.2 Å². The van der Waals surface area contributed by atoms with Gasteiger partial charge in [0.05, 0.1) is 0 Å². The molecule has 0 aromatic heterocycles. The van der Waals surface area contributed by atoms with Crippen molar-refractivity contribution in [1.29, 1.82) is 0 Å². The lowest BCUT2D eigenvalue weighted by molar-refractivity contribution is 0.187. The van der Waals surface area contributed by atoms with E-state index in [1.54, 1.807) is 6.92 Å². The van der Waals surface area contributed by atoms with Gasteiger partial charge in [0.1, 0.15) is 0 Å². The summed E-state index contributed by atoms with van der Waals surface area (Å²) < 4.78 is 0. The molecule has 0 atom stereocenters. The molecule has 2 nitrogen and oxygen atoms in total. The highest BCUT2D eigenvalue weighted by atomic mass is 16.5. The van der Waals surface area contributed by atoms with E-state index >= 15 is 0 Å². The Balaban J connectivity index is 3.98. The number of rotatable bonds is 1. The lowest BCUT2D eigenvalue weighted by atomic mass is 10.3. The van der Waals surface area contributed by atoms with Crippen molar-refractivity contribution >= 4 is 0 Å². The van der Waals surface area contributed by atoms with Crippen molar-refractivity contribution in [2.75, 3.05) is 0 Å². The van der Waals surface area contributed by atoms with Crippen LogP contribution in [-0.4, -0.2) is 10.2 Å². The van der Waals surface area contributed by atoms with Gasteiger partial charge in [0, 0.05) is 5.57 Å². The summed E-state index contributed by atoms with van der Waals surface area (Å²) in [4.78, 5) is 0. The molecule has 2 N–H and O–H groups in total. The van der Waals surface area contributed by atoms with Crippen LogP contribution in [-0.2, 0) is 0 Å². The Labute approximate surface area is 42.4 Å². The monoisotopic (exact) mass is 100 g/mol. The van der Waals surface area contributed by atoms with Crippen molar-refractivity contribution in [2.45, 2.75) is 6.92 Å². The summed E-state index contributed by atoms with van der Waals surface area (Å²) >= 11 is 0. The molecule has 0 heterocycles. The van der Waals surface area contributed by atoms with Crippen LogP contribution < -0.4 is 0 Å². The maximum atomic E-state index is 8.18. The van der Waals surface area contributed by atoms with Gasteiger partial charge in [0.25, 0.3) is 5.95 Å². The van der Waals surface area contributed by atoms with Crippen LogP contribution in [0.2, 0.25) is 0 Å².